The Balaban J connectivity index is 1.39. The van der Waals surface area contributed by atoms with Crippen LogP contribution in [-0.2, 0) is 9.47 Å². The number of aliphatic hydroxyl groups is 1. The lowest BCUT2D eigenvalue weighted by atomic mass is 9.70. The molecule has 0 spiro atoms. The number of hydrogen-bond donors (Lipinski definition) is 1. The van der Waals surface area contributed by atoms with E-state index in [0.29, 0.717) is 38.3 Å². The van der Waals surface area contributed by atoms with Crippen LogP contribution in [0.1, 0.15) is 47.0 Å². The highest BCUT2D eigenvalue weighted by atomic mass is 16.6. The van der Waals surface area contributed by atoms with Gasteiger partial charge in [0.05, 0.1) is 25.4 Å². The maximum atomic E-state index is 11.7. The predicted molar refractivity (Wildman–Crippen MR) is 100 cm³/mol. The predicted octanol–water partition coefficient (Wildman–Crippen LogP) is 2.35. The van der Waals surface area contributed by atoms with E-state index in [4.69, 9.17) is 9.47 Å². The molecule has 1 saturated heterocycles. The summed E-state index contributed by atoms with van der Waals surface area (Å²) in [6.45, 7) is 13.2. The summed E-state index contributed by atoms with van der Waals surface area (Å²) in [5.74, 6) is 0.755. The maximum Gasteiger partial charge on any atom is 0.409 e. The van der Waals surface area contributed by atoms with Crippen molar-refractivity contribution in [2.75, 3.05) is 45.9 Å². The number of ether oxygens (including phenoxy) is 2. The third-order valence-electron chi connectivity index (χ3n) is 7.57. The number of fused-ring (bicyclic) bond motifs is 2. The number of β-amino-alcohol motifs (C(OH)–C–C–N with tert-alkyl or cyclic N) is 1. The molecule has 1 N–H and O–H groups in total. The highest BCUT2D eigenvalue weighted by molar-refractivity contribution is 5.67. The quantitative estimate of drug-likeness (QED) is 0.780. The molecule has 6 nitrogen and oxygen atoms in total. The molecular formula is C20H36N2O4. The number of piperazine rings is 1. The first kappa shape index (κ1) is 19.9. The van der Waals surface area contributed by atoms with Crippen molar-refractivity contribution in [1.82, 2.24) is 9.80 Å². The van der Waals surface area contributed by atoms with Crippen LogP contribution in [0.4, 0.5) is 4.79 Å². The van der Waals surface area contributed by atoms with Crippen molar-refractivity contribution in [3.63, 3.8) is 0 Å². The van der Waals surface area contributed by atoms with Gasteiger partial charge in [0.2, 0.25) is 0 Å². The average Bonchev–Trinajstić information content (AvgIpc) is 2.94. The first-order valence-corrected chi connectivity index (χ1v) is 10.2. The topological polar surface area (TPSA) is 62.2 Å². The van der Waals surface area contributed by atoms with E-state index in [0.717, 1.165) is 25.4 Å². The minimum absolute atomic E-state index is 0.233. The number of rotatable bonds is 6. The van der Waals surface area contributed by atoms with Crippen molar-refractivity contribution in [2.24, 2.45) is 16.7 Å². The van der Waals surface area contributed by atoms with E-state index >= 15 is 0 Å². The zero-order chi connectivity index (χ0) is 18.9. The largest absolute Gasteiger partial charge is 0.450 e. The highest BCUT2D eigenvalue weighted by Gasteiger charge is 2.61. The van der Waals surface area contributed by atoms with Gasteiger partial charge in [0, 0.05) is 32.7 Å². The molecule has 2 aliphatic carbocycles. The summed E-state index contributed by atoms with van der Waals surface area (Å²) in [5.41, 5.74) is 0.578. The van der Waals surface area contributed by atoms with Crippen LogP contribution >= 0.6 is 0 Å². The van der Waals surface area contributed by atoms with Crippen molar-refractivity contribution < 1.29 is 19.4 Å². The zero-order valence-electron chi connectivity index (χ0n) is 16.9. The van der Waals surface area contributed by atoms with E-state index in [-0.39, 0.29) is 17.6 Å². The average molecular weight is 369 g/mol. The van der Waals surface area contributed by atoms with Crippen molar-refractivity contribution in [1.29, 1.82) is 0 Å². The summed E-state index contributed by atoms with van der Waals surface area (Å²) < 4.78 is 11.3. The number of hydrogen-bond acceptors (Lipinski definition) is 5. The molecule has 3 aliphatic rings. The van der Waals surface area contributed by atoms with Crippen molar-refractivity contribution >= 4 is 6.09 Å². The molecule has 150 valence electrons. The van der Waals surface area contributed by atoms with E-state index in [9.17, 15) is 9.90 Å². The minimum atomic E-state index is -0.477. The monoisotopic (exact) mass is 368 g/mol. The SMILES string of the molecule is CCOC(=O)N1CCN(C[C@@H](O)CO[C@H]2C[C@@H]3CC[C@]2(C)C3(C)C)CC1. The molecule has 2 bridgehead atoms. The number of carbonyl (C=O) groups is 1. The lowest BCUT2D eigenvalue weighted by Gasteiger charge is -2.39. The first-order chi connectivity index (χ1) is 12.3. The van der Waals surface area contributed by atoms with E-state index < -0.39 is 6.10 Å². The third-order valence-corrected chi connectivity index (χ3v) is 7.57. The lowest BCUT2D eigenvalue weighted by molar-refractivity contribution is -0.0805. The number of carbonyl (C=O) groups excluding carboxylic acids is 1. The summed E-state index contributed by atoms with van der Waals surface area (Å²) in [6, 6.07) is 0. The molecule has 1 heterocycles. The number of nitrogens with zero attached hydrogens (tertiary/aromatic N) is 2. The first-order valence-electron chi connectivity index (χ1n) is 10.2. The molecular weight excluding hydrogens is 332 g/mol. The standard InChI is InChI=1S/C20H36N2O4/c1-5-25-18(24)22-10-8-21(9-11-22)13-16(23)14-26-17-12-15-6-7-20(17,4)19(15,2)3/h15-17,23H,5-14H2,1-4H3/t15-,16+,17-,20-/m0/s1. The summed E-state index contributed by atoms with van der Waals surface area (Å²) >= 11 is 0. The molecule has 6 heteroatoms. The van der Waals surface area contributed by atoms with Crippen molar-refractivity contribution in [3.05, 3.63) is 0 Å². The van der Waals surface area contributed by atoms with Gasteiger partial charge in [-0.15, -0.1) is 0 Å². The Morgan fingerprint density at radius 2 is 1.92 bits per heavy atom. The lowest BCUT2D eigenvalue weighted by Crippen LogP contribution is -2.51. The summed E-state index contributed by atoms with van der Waals surface area (Å²) in [7, 11) is 0. The second-order valence-corrected chi connectivity index (χ2v) is 9.07. The molecule has 3 rings (SSSR count). The molecule has 0 aromatic heterocycles. The summed E-state index contributed by atoms with van der Waals surface area (Å²) in [5, 5.41) is 10.4. The van der Waals surface area contributed by atoms with E-state index in [1.807, 2.05) is 6.92 Å². The van der Waals surface area contributed by atoms with Gasteiger partial charge in [-0.1, -0.05) is 20.8 Å². The Hall–Kier alpha value is -0.850. The second kappa shape index (κ2) is 7.64. The molecule has 0 unspecified atom stereocenters. The van der Waals surface area contributed by atoms with Gasteiger partial charge in [0.1, 0.15) is 0 Å². The highest BCUT2D eigenvalue weighted by Crippen LogP contribution is 2.66. The fraction of sp³-hybridized carbons (Fsp3) is 0.950. The van der Waals surface area contributed by atoms with Crippen LogP contribution < -0.4 is 0 Å². The van der Waals surface area contributed by atoms with Crippen LogP contribution in [0.15, 0.2) is 0 Å². The van der Waals surface area contributed by atoms with Gasteiger partial charge >= 0.3 is 6.09 Å². The van der Waals surface area contributed by atoms with Crippen molar-refractivity contribution in [3.8, 4) is 0 Å². The maximum absolute atomic E-state index is 11.7. The molecule has 26 heavy (non-hydrogen) atoms. The van der Waals surface area contributed by atoms with Gasteiger partial charge in [-0.05, 0) is 42.9 Å². The second-order valence-electron chi connectivity index (χ2n) is 9.07. The van der Waals surface area contributed by atoms with Gasteiger partial charge in [-0.2, -0.15) is 0 Å². The van der Waals surface area contributed by atoms with Crippen LogP contribution in [-0.4, -0.2) is 79.1 Å². The van der Waals surface area contributed by atoms with Gasteiger partial charge in [0.15, 0.2) is 0 Å². The van der Waals surface area contributed by atoms with Gasteiger partial charge < -0.3 is 19.5 Å². The Labute approximate surface area is 157 Å². The van der Waals surface area contributed by atoms with Crippen LogP contribution in [0.2, 0.25) is 0 Å². The Morgan fingerprint density at radius 1 is 1.23 bits per heavy atom. The summed E-state index contributed by atoms with van der Waals surface area (Å²) in [6.07, 6.45) is 3.25. The molecule has 4 atom stereocenters. The van der Waals surface area contributed by atoms with Gasteiger partial charge in [-0.3, -0.25) is 4.90 Å². The minimum Gasteiger partial charge on any atom is -0.450 e. The summed E-state index contributed by atoms with van der Waals surface area (Å²) in [4.78, 5) is 15.7. The fourth-order valence-electron chi connectivity index (χ4n) is 5.29. The van der Waals surface area contributed by atoms with Crippen LogP contribution in [0, 0.1) is 16.7 Å². The smallest absolute Gasteiger partial charge is 0.409 e. The Bertz CT molecular complexity index is 504. The number of aliphatic hydroxyl groups excluding tert-OH is 1. The molecule has 2 saturated carbocycles. The fourth-order valence-corrected chi connectivity index (χ4v) is 5.29. The molecule has 0 aromatic carbocycles. The van der Waals surface area contributed by atoms with E-state index in [2.05, 4.69) is 25.7 Å². The Morgan fingerprint density at radius 3 is 2.46 bits per heavy atom. The molecule has 0 aromatic rings. The van der Waals surface area contributed by atoms with Crippen LogP contribution in [0.3, 0.4) is 0 Å². The Kier molecular flexibility index (Phi) is 5.85. The van der Waals surface area contributed by atoms with Gasteiger partial charge in [-0.25, -0.2) is 4.79 Å². The van der Waals surface area contributed by atoms with E-state index in [1.165, 1.54) is 12.8 Å². The number of amides is 1. The zero-order valence-corrected chi connectivity index (χ0v) is 16.9. The molecule has 1 amide bonds. The molecule has 1 aliphatic heterocycles. The van der Waals surface area contributed by atoms with Gasteiger partial charge in [0.25, 0.3) is 0 Å². The van der Waals surface area contributed by atoms with Crippen LogP contribution in [0.5, 0.6) is 0 Å². The van der Waals surface area contributed by atoms with E-state index in [1.54, 1.807) is 4.90 Å². The van der Waals surface area contributed by atoms with Crippen LogP contribution in [0.25, 0.3) is 0 Å². The van der Waals surface area contributed by atoms with Crippen molar-refractivity contribution in [2.45, 2.75) is 59.2 Å². The molecule has 0 radical (unpaired) electrons. The third kappa shape index (κ3) is 3.60. The molecule has 3 fully saturated rings. The normalized spacial score (nSPS) is 34.9.